The quantitative estimate of drug-likeness (QED) is 0.576. The fraction of sp³-hybridized carbons (Fsp3) is 1.00. The third-order valence-corrected chi connectivity index (χ3v) is 1.60. The second kappa shape index (κ2) is 6.05. The second-order valence-corrected chi connectivity index (χ2v) is 2.14. The summed E-state index contributed by atoms with van der Waals surface area (Å²) in [6, 6.07) is 0. The largest absolute Gasteiger partial charge is 0.381 e. The van der Waals surface area contributed by atoms with Gasteiger partial charge in [0.1, 0.15) is 0 Å². The Morgan fingerprint density at radius 2 is 2.22 bits per heavy atom. The van der Waals surface area contributed by atoms with Crippen LogP contribution in [-0.4, -0.2) is 20.3 Å². The van der Waals surface area contributed by atoms with Gasteiger partial charge in [0, 0.05) is 13.2 Å². The van der Waals surface area contributed by atoms with Crippen molar-refractivity contribution in [1.82, 2.24) is 0 Å². The summed E-state index contributed by atoms with van der Waals surface area (Å²) in [6.07, 6.45) is 2.58. The Kier molecular flexibility index (Phi) is 5.99. The maximum absolute atomic E-state index is 5.15. The summed E-state index contributed by atoms with van der Waals surface area (Å²) in [5.41, 5.74) is 4.50. The summed E-state index contributed by atoms with van der Waals surface area (Å²) < 4.78 is 5.15. The van der Waals surface area contributed by atoms with Gasteiger partial charge in [-0.1, -0.05) is 13.3 Å². The van der Waals surface area contributed by atoms with Crippen LogP contribution in [0.1, 0.15) is 19.8 Å². The summed E-state index contributed by atoms with van der Waals surface area (Å²) in [5, 5.41) is 0. The predicted molar refractivity (Wildman–Crippen MR) is 39.3 cm³/mol. The number of ether oxygens (including phenoxy) is 1. The molecule has 0 radical (unpaired) electrons. The molecule has 0 aromatic carbocycles. The van der Waals surface area contributed by atoms with Crippen molar-refractivity contribution < 1.29 is 4.74 Å². The van der Waals surface area contributed by atoms with Gasteiger partial charge in [0.2, 0.25) is 0 Å². The molecule has 0 saturated carbocycles. The maximum atomic E-state index is 5.15. The van der Waals surface area contributed by atoms with Crippen LogP contribution >= 0.6 is 0 Å². The summed E-state index contributed by atoms with van der Waals surface area (Å²) in [4.78, 5) is 0. The van der Waals surface area contributed by atoms with Gasteiger partial charge in [-0.25, -0.2) is 0 Å². The highest BCUT2D eigenvalue weighted by Gasteiger charge is 2.11. The lowest BCUT2D eigenvalue weighted by Crippen LogP contribution is -1.94. The van der Waals surface area contributed by atoms with Gasteiger partial charge >= 0.3 is 0 Å². The highest BCUT2D eigenvalue weighted by atomic mass is 16.5. The van der Waals surface area contributed by atoms with Crippen molar-refractivity contribution in [2.45, 2.75) is 19.8 Å². The molecule has 1 rings (SSSR count). The zero-order chi connectivity index (χ0) is 7.11. The van der Waals surface area contributed by atoms with Gasteiger partial charge in [-0.2, -0.15) is 0 Å². The van der Waals surface area contributed by atoms with Crippen molar-refractivity contribution in [3.63, 3.8) is 0 Å². The van der Waals surface area contributed by atoms with E-state index in [9.17, 15) is 0 Å². The van der Waals surface area contributed by atoms with E-state index in [1.165, 1.54) is 19.9 Å². The van der Waals surface area contributed by atoms with Crippen LogP contribution in [0.15, 0.2) is 0 Å². The molecule has 0 bridgehead atoms. The molecule has 0 amide bonds. The van der Waals surface area contributed by atoms with Gasteiger partial charge in [0.05, 0.1) is 0 Å². The first-order chi connectivity index (χ1) is 4.43. The fourth-order valence-electron chi connectivity index (χ4n) is 0.905. The van der Waals surface area contributed by atoms with E-state index in [1.54, 1.807) is 0 Å². The molecule has 0 aromatic rings. The zero-order valence-corrected chi connectivity index (χ0v) is 6.39. The van der Waals surface area contributed by atoms with Crippen LogP contribution < -0.4 is 5.73 Å². The summed E-state index contributed by atoms with van der Waals surface area (Å²) in [6.45, 7) is 4.23. The molecule has 1 aliphatic rings. The average molecular weight is 131 g/mol. The summed E-state index contributed by atoms with van der Waals surface area (Å²) in [7, 11) is 1.50. The van der Waals surface area contributed by atoms with Crippen molar-refractivity contribution in [3.8, 4) is 0 Å². The van der Waals surface area contributed by atoms with Crippen molar-refractivity contribution >= 4 is 0 Å². The monoisotopic (exact) mass is 131 g/mol. The smallest absolute Gasteiger partial charge is 0.0495 e. The first-order valence-corrected chi connectivity index (χ1v) is 3.59. The van der Waals surface area contributed by atoms with E-state index in [0.717, 1.165) is 19.1 Å². The number of hydrogen-bond donors (Lipinski definition) is 1. The molecule has 1 unspecified atom stereocenters. The normalized spacial score (nSPS) is 25.0. The molecule has 1 saturated heterocycles. The molecule has 1 fully saturated rings. The van der Waals surface area contributed by atoms with E-state index >= 15 is 0 Å². The molecule has 9 heavy (non-hydrogen) atoms. The molecular weight excluding hydrogens is 114 g/mol. The molecule has 1 aliphatic heterocycles. The fourth-order valence-corrected chi connectivity index (χ4v) is 0.905. The average Bonchev–Trinajstić information content (AvgIpc) is 2.43. The van der Waals surface area contributed by atoms with E-state index in [-0.39, 0.29) is 0 Å². The van der Waals surface area contributed by atoms with Crippen LogP contribution in [0.2, 0.25) is 0 Å². The van der Waals surface area contributed by atoms with Crippen molar-refractivity contribution in [3.05, 3.63) is 0 Å². The Morgan fingerprint density at radius 1 is 1.56 bits per heavy atom. The van der Waals surface area contributed by atoms with Crippen LogP contribution in [0.3, 0.4) is 0 Å². The number of rotatable bonds is 1. The Hall–Kier alpha value is -0.0800. The van der Waals surface area contributed by atoms with Gasteiger partial charge in [0.15, 0.2) is 0 Å². The van der Waals surface area contributed by atoms with Gasteiger partial charge in [0.25, 0.3) is 0 Å². The SMILES string of the molecule is CCC1CCOC1.CN. The van der Waals surface area contributed by atoms with Gasteiger partial charge in [-0.3, -0.25) is 0 Å². The zero-order valence-electron chi connectivity index (χ0n) is 6.39. The van der Waals surface area contributed by atoms with Gasteiger partial charge < -0.3 is 10.5 Å². The van der Waals surface area contributed by atoms with E-state index in [1.807, 2.05) is 0 Å². The van der Waals surface area contributed by atoms with Crippen LogP contribution in [0.4, 0.5) is 0 Å². The molecule has 2 N–H and O–H groups in total. The van der Waals surface area contributed by atoms with Gasteiger partial charge in [-0.05, 0) is 19.4 Å². The Labute approximate surface area is 57.4 Å². The van der Waals surface area contributed by atoms with Crippen molar-refractivity contribution in [1.29, 1.82) is 0 Å². The van der Waals surface area contributed by atoms with Crippen LogP contribution in [0.25, 0.3) is 0 Å². The molecule has 0 aromatic heterocycles. The van der Waals surface area contributed by atoms with E-state index in [4.69, 9.17) is 4.74 Å². The lowest BCUT2D eigenvalue weighted by atomic mass is 10.1. The lowest BCUT2D eigenvalue weighted by Gasteiger charge is -1.97. The van der Waals surface area contributed by atoms with Crippen LogP contribution in [-0.2, 0) is 4.74 Å². The van der Waals surface area contributed by atoms with E-state index in [2.05, 4.69) is 12.7 Å². The minimum Gasteiger partial charge on any atom is -0.381 e. The Morgan fingerprint density at radius 3 is 2.44 bits per heavy atom. The maximum Gasteiger partial charge on any atom is 0.0495 e. The molecule has 2 nitrogen and oxygen atoms in total. The molecule has 56 valence electrons. The molecule has 0 aliphatic carbocycles. The third-order valence-electron chi connectivity index (χ3n) is 1.60. The lowest BCUT2D eigenvalue weighted by molar-refractivity contribution is 0.185. The predicted octanol–water partition coefficient (Wildman–Crippen LogP) is 1.01. The van der Waals surface area contributed by atoms with Crippen molar-refractivity contribution in [2.24, 2.45) is 11.7 Å². The summed E-state index contributed by atoms with van der Waals surface area (Å²) in [5.74, 6) is 0.875. The molecule has 0 spiro atoms. The number of hydrogen-bond acceptors (Lipinski definition) is 2. The Balaban J connectivity index is 0.000000291. The second-order valence-electron chi connectivity index (χ2n) is 2.14. The Bertz CT molecular complexity index is 50.9. The first-order valence-electron chi connectivity index (χ1n) is 3.59. The third kappa shape index (κ3) is 3.49. The van der Waals surface area contributed by atoms with Crippen molar-refractivity contribution in [2.75, 3.05) is 20.3 Å². The minimum absolute atomic E-state index is 0.875. The van der Waals surface area contributed by atoms with E-state index in [0.29, 0.717) is 0 Å². The van der Waals surface area contributed by atoms with Crippen LogP contribution in [0, 0.1) is 5.92 Å². The summed E-state index contributed by atoms with van der Waals surface area (Å²) >= 11 is 0. The highest BCUT2D eigenvalue weighted by molar-refractivity contribution is 4.60. The number of nitrogens with two attached hydrogens (primary N) is 1. The standard InChI is InChI=1S/C6H12O.CH5N/c1-2-6-3-4-7-5-6;1-2/h6H,2-5H2,1H3;2H2,1H3. The van der Waals surface area contributed by atoms with Gasteiger partial charge in [-0.15, -0.1) is 0 Å². The minimum atomic E-state index is 0.875. The first kappa shape index (κ1) is 8.92. The topological polar surface area (TPSA) is 35.2 Å². The van der Waals surface area contributed by atoms with Crippen LogP contribution in [0.5, 0.6) is 0 Å². The van der Waals surface area contributed by atoms with E-state index < -0.39 is 0 Å². The molecule has 2 heteroatoms. The highest BCUT2D eigenvalue weighted by Crippen LogP contribution is 2.14. The molecular formula is C7H17NO. The molecule has 1 atom stereocenters. The molecule has 1 heterocycles.